The van der Waals surface area contributed by atoms with Gasteiger partial charge in [-0.3, -0.25) is 4.98 Å². The molecule has 0 fully saturated rings. The molecule has 1 aromatic carbocycles. The summed E-state index contributed by atoms with van der Waals surface area (Å²) in [6.07, 6.45) is 9.35. The molecule has 1 aliphatic carbocycles. The van der Waals surface area contributed by atoms with Crippen LogP contribution < -0.4 is 0 Å². The summed E-state index contributed by atoms with van der Waals surface area (Å²) in [5.41, 5.74) is 3.76. The fourth-order valence-corrected chi connectivity index (χ4v) is 1.94. The molecule has 0 amide bonds. The van der Waals surface area contributed by atoms with Gasteiger partial charge in [0.05, 0.1) is 5.52 Å². The van der Waals surface area contributed by atoms with Crippen molar-refractivity contribution in [2.75, 3.05) is 0 Å². The van der Waals surface area contributed by atoms with Gasteiger partial charge in [0.1, 0.15) is 0 Å². The largest absolute Gasteiger partial charge is 0.256 e. The first-order valence-corrected chi connectivity index (χ1v) is 5.14. The van der Waals surface area contributed by atoms with Crippen molar-refractivity contribution in [1.29, 1.82) is 0 Å². The monoisotopic (exact) mass is 193 g/mol. The molecule has 0 saturated heterocycles. The normalized spacial score (nSPS) is 14.5. The summed E-state index contributed by atoms with van der Waals surface area (Å²) < 4.78 is 0. The highest BCUT2D eigenvalue weighted by Gasteiger charge is 2.03. The predicted octanol–water partition coefficient (Wildman–Crippen LogP) is 3.58. The van der Waals surface area contributed by atoms with Crippen molar-refractivity contribution in [2.24, 2.45) is 0 Å². The molecule has 0 spiro atoms. The Morgan fingerprint density at radius 1 is 1.13 bits per heavy atom. The van der Waals surface area contributed by atoms with Crippen LogP contribution in [0.4, 0.5) is 0 Å². The van der Waals surface area contributed by atoms with E-state index in [0.29, 0.717) is 0 Å². The highest BCUT2D eigenvalue weighted by atomic mass is 14.6. The molecular weight excluding hydrogens is 182 g/mol. The summed E-state index contributed by atoms with van der Waals surface area (Å²) in [5, 5.41) is 1.21. The quantitative estimate of drug-likeness (QED) is 0.674. The van der Waals surface area contributed by atoms with Crippen molar-refractivity contribution in [3.63, 3.8) is 0 Å². The molecule has 1 aliphatic rings. The summed E-state index contributed by atoms with van der Waals surface area (Å²) in [7, 11) is 0. The Bertz CT molecular complexity index is 564. The lowest BCUT2D eigenvalue weighted by atomic mass is 10.0. The second kappa shape index (κ2) is 3.35. The van der Waals surface area contributed by atoms with Crippen LogP contribution in [0.1, 0.15) is 12.0 Å². The molecule has 1 aromatic heterocycles. The molecule has 0 bridgehead atoms. The molecule has 0 radical (unpaired) electrons. The average Bonchev–Trinajstić information content (AvgIpc) is 2.82. The van der Waals surface area contributed by atoms with E-state index in [9.17, 15) is 0 Å². The molecular formula is C14H11N. The Hall–Kier alpha value is -1.89. The van der Waals surface area contributed by atoms with Gasteiger partial charge in [-0.1, -0.05) is 30.4 Å². The van der Waals surface area contributed by atoms with E-state index in [4.69, 9.17) is 0 Å². The lowest BCUT2D eigenvalue weighted by Crippen LogP contribution is -1.83. The molecule has 15 heavy (non-hydrogen) atoms. The number of pyridine rings is 1. The van der Waals surface area contributed by atoms with E-state index in [0.717, 1.165) is 11.9 Å². The van der Waals surface area contributed by atoms with Gasteiger partial charge in [-0.2, -0.15) is 0 Å². The first-order valence-electron chi connectivity index (χ1n) is 5.14. The van der Waals surface area contributed by atoms with Crippen LogP contribution in [0.25, 0.3) is 16.5 Å². The van der Waals surface area contributed by atoms with Crippen molar-refractivity contribution in [1.82, 2.24) is 4.98 Å². The lowest BCUT2D eigenvalue weighted by Gasteiger charge is -2.03. The van der Waals surface area contributed by atoms with Crippen LogP contribution in [0.15, 0.2) is 54.8 Å². The average molecular weight is 193 g/mol. The van der Waals surface area contributed by atoms with Gasteiger partial charge in [-0.25, -0.2) is 0 Å². The molecule has 2 aromatic rings. The fourth-order valence-electron chi connectivity index (χ4n) is 1.94. The molecule has 0 N–H and O–H groups in total. The van der Waals surface area contributed by atoms with Crippen molar-refractivity contribution in [3.05, 3.63) is 60.3 Å². The smallest absolute Gasteiger partial charge is 0.0702 e. The third-order valence-electron chi connectivity index (χ3n) is 2.75. The van der Waals surface area contributed by atoms with Crippen molar-refractivity contribution >= 4 is 16.5 Å². The van der Waals surface area contributed by atoms with Crippen molar-refractivity contribution < 1.29 is 0 Å². The van der Waals surface area contributed by atoms with Crippen LogP contribution in [0, 0.1) is 0 Å². The second-order valence-corrected chi connectivity index (χ2v) is 3.74. The maximum atomic E-state index is 4.31. The number of hydrogen-bond acceptors (Lipinski definition) is 1. The number of hydrogen-bond donors (Lipinski definition) is 0. The number of aromatic nitrogens is 1. The topological polar surface area (TPSA) is 12.9 Å². The van der Waals surface area contributed by atoms with Gasteiger partial charge in [0.15, 0.2) is 0 Å². The van der Waals surface area contributed by atoms with Gasteiger partial charge in [0.2, 0.25) is 0 Å². The molecule has 0 atom stereocenters. The van der Waals surface area contributed by atoms with Crippen molar-refractivity contribution in [2.45, 2.75) is 6.42 Å². The maximum absolute atomic E-state index is 4.31. The van der Waals surface area contributed by atoms with Crippen molar-refractivity contribution in [3.8, 4) is 0 Å². The molecule has 1 nitrogen and oxygen atoms in total. The Labute approximate surface area is 88.8 Å². The van der Waals surface area contributed by atoms with E-state index >= 15 is 0 Å². The Morgan fingerprint density at radius 2 is 2.13 bits per heavy atom. The Balaban J connectivity index is 2.14. The molecule has 1 heterocycles. The molecule has 72 valence electrons. The molecule has 3 rings (SSSR count). The molecule has 0 aliphatic heterocycles. The van der Waals surface area contributed by atoms with Crippen LogP contribution in [0.5, 0.6) is 0 Å². The minimum absolute atomic E-state index is 1.05. The second-order valence-electron chi connectivity index (χ2n) is 3.74. The molecule has 0 unspecified atom stereocenters. The summed E-state index contributed by atoms with van der Waals surface area (Å²) in [6.45, 7) is 0. The van der Waals surface area contributed by atoms with Crippen LogP contribution >= 0.6 is 0 Å². The minimum atomic E-state index is 1.05. The third-order valence-corrected chi connectivity index (χ3v) is 2.75. The molecule has 1 heteroatoms. The van der Waals surface area contributed by atoms with Crippen LogP contribution in [-0.4, -0.2) is 4.98 Å². The van der Waals surface area contributed by atoms with E-state index in [-0.39, 0.29) is 0 Å². The summed E-state index contributed by atoms with van der Waals surface area (Å²) in [5.74, 6) is 0. The van der Waals surface area contributed by atoms with Gasteiger partial charge in [0.25, 0.3) is 0 Å². The first-order chi connectivity index (χ1) is 7.43. The fraction of sp³-hybridized carbons (Fsp3) is 0.0714. The van der Waals surface area contributed by atoms with Gasteiger partial charge < -0.3 is 0 Å². The van der Waals surface area contributed by atoms with E-state index in [1.807, 2.05) is 12.3 Å². The predicted molar refractivity (Wildman–Crippen MR) is 63.5 cm³/mol. The number of allylic oxidation sites excluding steroid dienone is 4. The van der Waals surface area contributed by atoms with E-state index in [1.54, 1.807) is 0 Å². The SMILES string of the molecule is C1=CCC(c2ccc3ncccc3c2)=C1. The standard InChI is InChI=1S/C14H11N/c1-2-5-11(4-1)12-7-8-14-13(10-12)6-3-9-15-14/h1-4,6-10H,5H2. The van der Waals surface area contributed by atoms with Gasteiger partial charge in [-0.05, 0) is 35.8 Å². The number of benzene rings is 1. The third kappa shape index (κ3) is 1.46. The van der Waals surface area contributed by atoms with Crippen LogP contribution in [0.2, 0.25) is 0 Å². The zero-order valence-electron chi connectivity index (χ0n) is 8.35. The van der Waals surface area contributed by atoms with E-state index in [1.165, 1.54) is 16.5 Å². The summed E-state index contributed by atoms with van der Waals surface area (Å²) >= 11 is 0. The van der Waals surface area contributed by atoms with Gasteiger partial charge >= 0.3 is 0 Å². The van der Waals surface area contributed by atoms with Crippen LogP contribution in [0.3, 0.4) is 0 Å². The van der Waals surface area contributed by atoms with Crippen LogP contribution in [-0.2, 0) is 0 Å². The van der Waals surface area contributed by atoms with E-state index < -0.39 is 0 Å². The first kappa shape index (κ1) is 8.42. The zero-order valence-corrected chi connectivity index (χ0v) is 8.35. The minimum Gasteiger partial charge on any atom is -0.256 e. The maximum Gasteiger partial charge on any atom is 0.0702 e. The Morgan fingerprint density at radius 3 is 3.00 bits per heavy atom. The molecule has 0 saturated carbocycles. The number of nitrogens with zero attached hydrogens (tertiary/aromatic N) is 1. The van der Waals surface area contributed by atoms with Gasteiger partial charge in [-0.15, -0.1) is 0 Å². The zero-order chi connectivity index (χ0) is 10.1. The van der Waals surface area contributed by atoms with Gasteiger partial charge in [0, 0.05) is 11.6 Å². The summed E-state index contributed by atoms with van der Waals surface area (Å²) in [6, 6.07) is 10.5. The number of rotatable bonds is 1. The summed E-state index contributed by atoms with van der Waals surface area (Å²) in [4.78, 5) is 4.31. The Kier molecular flexibility index (Phi) is 1.88. The highest BCUT2D eigenvalue weighted by molar-refractivity contribution is 5.84. The lowest BCUT2D eigenvalue weighted by molar-refractivity contribution is 1.39. The number of fused-ring (bicyclic) bond motifs is 1. The van der Waals surface area contributed by atoms with E-state index in [2.05, 4.69) is 47.5 Å². The highest BCUT2D eigenvalue weighted by Crippen LogP contribution is 2.25.